The highest BCUT2D eigenvalue weighted by Gasteiger charge is 2.25. The van der Waals surface area contributed by atoms with E-state index in [-0.39, 0.29) is 25.4 Å². The average molecular weight is 260 g/mol. The maximum absolute atomic E-state index is 11.8. The predicted molar refractivity (Wildman–Crippen MR) is 63.2 cm³/mol. The van der Waals surface area contributed by atoms with Crippen molar-refractivity contribution < 1.29 is 18.0 Å². The number of amides is 1. The van der Waals surface area contributed by atoms with Crippen molar-refractivity contribution in [2.75, 3.05) is 18.4 Å². The van der Waals surface area contributed by atoms with Gasteiger partial charge in [0, 0.05) is 18.7 Å². The van der Waals surface area contributed by atoms with Crippen molar-refractivity contribution in [3.8, 4) is 0 Å². The van der Waals surface area contributed by atoms with E-state index in [0.29, 0.717) is 0 Å². The van der Waals surface area contributed by atoms with Crippen LogP contribution in [0.25, 0.3) is 0 Å². The Bertz CT molecular complexity index is 365. The van der Waals surface area contributed by atoms with Crippen molar-refractivity contribution in [1.29, 1.82) is 0 Å². The number of para-hydroxylation sites is 1. The normalized spacial score (nSPS) is 11.1. The fourth-order valence-corrected chi connectivity index (χ4v) is 1.32. The number of nitrogens with one attached hydrogen (secondary N) is 2. The Hall–Kier alpha value is -1.72. The second-order valence-corrected chi connectivity index (χ2v) is 3.79. The Morgan fingerprint density at radius 1 is 1.17 bits per heavy atom. The maximum atomic E-state index is 11.8. The lowest BCUT2D eigenvalue weighted by molar-refractivity contribution is -0.136. The first-order valence-corrected chi connectivity index (χ1v) is 5.60. The number of carbonyl (C=O) groups excluding carboxylic acids is 1. The zero-order valence-electron chi connectivity index (χ0n) is 9.76. The summed E-state index contributed by atoms with van der Waals surface area (Å²) in [6.07, 6.45) is -5.13. The van der Waals surface area contributed by atoms with E-state index < -0.39 is 12.6 Å². The van der Waals surface area contributed by atoms with Gasteiger partial charge in [-0.3, -0.25) is 4.79 Å². The Balaban J connectivity index is 2.11. The fraction of sp³-hybridized carbons (Fsp3) is 0.417. The number of halogens is 3. The van der Waals surface area contributed by atoms with E-state index in [0.717, 1.165) is 5.69 Å². The molecule has 100 valence electrons. The summed E-state index contributed by atoms with van der Waals surface area (Å²) in [6, 6.07) is 9.10. The van der Waals surface area contributed by atoms with Crippen LogP contribution in [0.15, 0.2) is 30.3 Å². The van der Waals surface area contributed by atoms with Crippen LogP contribution in [0, 0.1) is 0 Å². The van der Waals surface area contributed by atoms with Gasteiger partial charge in [0.25, 0.3) is 0 Å². The van der Waals surface area contributed by atoms with Crippen molar-refractivity contribution in [2.45, 2.75) is 19.0 Å². The van der Waals surface area contributed by atoms with Gasteiger partial charge in [0.1, 0.15) is 0 Å². The lowest BCUT2D eigenvalue weighted by Crippen LogP contribution is -2.31. The molecule has 18 heavy (non-hydrogen) atoms. The molecule has 0 bridgehead atoms. The van der Waals surface area contributed by atoms with Gasteiger partial charge in [-0.2, -0.15) is 13.2 Å². The van der Waals surface area contributed by atoms with Gasteiger partial charge in [0.2, 0.25) is 5.91 Å². The zero-order valence-corrected chi connectivity index (χ0v) is 9.76. The summed E-state index contributed by atoms with van der Waals surface area (Å²) in [5.74, 6) is -0.318. The van der Waals surface area contributed by atoms with Gasteiger partial charge in [-0.1, -0.05) is 18.2 Å². The van der Waals surface area contributed by atoms with E-state index in [2.05, 4.69) is 10.6 Å². The van der Waals surface area contributed by atoms with Crippen LogP contribution in [0.5, 0.6) is 0 Å². The van der Waals surface area contributed by atoms with E-state index >= 15 is 0 Å². The molecule has 3 nitrogen and oxygen atoms in total. The van der Waals surface area contributed by atoms with Gasteiger partial charge in [0.05, 0.1) is 6.54 Å². The van der Waals surface area contributed by atoms with Gasteiger partial charge in [-0.25, -0.2) is 0 Å². The topological polar surface area (TPSA) is 41.1 Å². The van der Waals surface area contributed by atoms with Crippen molar-refractivity contribution in [1.82, 2.24) is 5.32 Å². The number of carbonyl (C=O) groups is 1. The number of hydrogen-bond acceptors (Lipinski definition) is 2. The summed E-state index contributed by atoms with van der Waals surface area (Å²) in [4.78, 5) is 11.3. The predicted octanol–water partition coefficient (Wildman–Crippen LogP) is 2.56. The number of alkyl halides is 3. The third-order valence-electron chi connectivity index (χ3n) is 2.19. The van der Waals surface area contributed by atoms with Gasteiger partial charge >= 0.3 is 6.18 Å². The van der Waals surface area contributed by atoms with Crippen LogP contribution in [0.2, 0.25) is 0 Å². The van der Waals surface area contributed by atoms with Crippen LogP contribution in [-0.4, -0.2) is 25.2 Å². The minimum absolute atomic E-state index is 0.0365. The van der Waals surface area contributed by atoms with Gasteiger partial charge < -0.3 is 10.6 Å². The third-order valence-corrected chi connectivity index (χ3v) is 2.19. The molecule has 0 radical (unpaired) electrons. The number of anilines is 1. The summed E-state index contributed by atoms with van der Waals surface area (Å²) >= 11 is 0. The smallest absolute Gasteiger partial charge is 0.376 e. The molecule has 0 saturated heterocycles. The Labute approximate surface area is 103 Å². The summed E-state index contributed by atoms with van der Waals surface area (Å²) in [5.41, 5.74) is 0.794. The van der Waals surface area contributed by atoms with Crippen LogP contribution in [0.4, 0.5) is 18.9 Å². The second kappa shape index (κ2) is 6.88. The van der Waals surface area contributed by atoms with Crippen LogP contribution in [0.1, 0.15) is 12.8 Å². The second-order valence-electron chi connectivity index (χ2n) is 3.79. The van der Waals surface area contributed by atoms with Crippen LogP contribution >= 0.6 is 0 Å². The standard InChI is InChI=1S/C12H15F3N2O/c13-12(14,15)7-4-8-16-11(18)9-17-10-5-2-1-3-6-10/h1-3,5-6,17H,4,7-9H2,(H,16,18). The van der Waals surface area contributed by atoms with Gasteiger partial charge in [-0.05, 0) is 18.6 Å². The lowest BCUT2D eigenvalue weighted by atomic mass is 10.3. The first-order chi connectivity index (χ1) is 8.47. The number of rotatable bonds is 6. The summed E-state index contributed by atoms with van der Waals surface area (Å²) in [6.45, 7) is 0.0881. The van der Waals surface area contributed by atoms with Crippen molar-refractivity contribution >= 4 is 11.6 Å². The minimum Gasteiger partial charge on any atom is -0.376 e. The first kappa shape index (κ1) is 14.3. The van der Waals surface area contributed by atoms with Crippen molar-refractivity contribution in [3.05, 3.63) is 30.3 Å². The molecule has 1 rings (SSSR count). The average Bonchev–Trinajstić information content (AvgIpc) is 2.32. The van der Waals surface area contributed by atoms with E-state index in [4.69, 9.17) is 0 Å². The van der Waals surface area contributed by atoms with Crippen LogP contribution in [-0.2, 0) is 4.79 Å². The molecule has 0 saturated carbocycles. The third kappa shape index (κ3) is 6.78. The van der Waals surface area contributed by atoms with Crippen molar-refractivity contribution in [3.63, 3.8) is 0 Å². The van der Waals surface area contributed by atoms with Gasteiger partial charge in [-0.15, -0.1) is 0 Å². The Morgan fingerprint density at radius 2 is 1.83 bits per heavy atom. The molecule has 0 heterocycles. The number of hydrogen-bond donors (Lipinski definition) is 2. The Morgan fingerprint density at radius 3 is 2.44 bits per heavy atom. The molecular weight excluding hydrogens is 245 g/mol. The summed E-state index contributed by atoms with van der Waals surface area (Å²) < 4.78 is 35.5. The highest BCUT2D eigenvalue weighted by molar-refractivity contribution is 5.80. The molecule has 1 aromatic rings. The molecule has 0 aliphatic carbocycles. The minimum atomic E-state index is -4.16. The van der Waals surface area contributed by atoms with Crippen LogP contribution in [0.3, 0.4) is 0 Å². The monoisotopic (exact) mass is 260 g/mol. The molecule has 6 heteroatoms. The first-order valence-electron chi connectivity index (χ1n) is 5.60. The molecule has 0 aromatic heterocycles. The number of benzene rings is 1. The van der Waals surface area contributed by atoms with Crippen LogP contribution < -0.4 is 10.6 Å². The Kier molecular flexibility index (Phi) is 5.48. The molecule has 0 spiro atoms. The van der Waals surface area contributed by atoms with E-state index in [1.165, 1.54) is 0 Å². The maximum Gasteiger partial charge on any atom is 0.389 e. The molecule has 0 aliphatic heterocycles. The molecule has 0 atom stereocenters. The van der Waals surface area contributed by atoms with Crippen molar-refractivity contribution in [2.24, 2.45) is 0 Å². The SMILES string of the molecule is O=C(CNc1ccccc1)NCCCC(F)(F)F. The highest BCUT2D eigenvalue weighted by Crippen LogP contribution is 2.20. The molecule has 0 aliphatic rings. The largest absolute Gasteiger partial charge is 0.389 e. The molecule has 0 unspecified atom stereocenters. The molecule has 2 N–H and O–H groups in total. The fourth-order valence-electron chi connectivity index (χ4n) is 1.32. The highest BCUT2D eigenvalue weighted by atomic mass is 19.4. The lowest BCUT2D eigenvalue weighted by Gasteiger charge is -2.08. The summed E-state index contributed by atoms with van der Waals surface area (Å²) in [7, 11) is 0. The van der Waals surface area contributed by atoms with Gasteiger partial charge in [0.15, 0.2) is 0 Å². The summed E-state index contributed by atoms with van der Waals surface area (Å²) in [5, 5.41) is 5.29. The molecule has 1 amide bonds. The molecule has 0 fully saturated rings. The van der Waals surface area contributed by atoms with E-state index in [9.17, 15) is 18.0 Å². The molecule has 1 aromatic carbocycles. The zero-order chi connectivity index (χ0) is 13.4. The van der Waals surface area contributed by atoms with E-state index in [1.807, 2.05) is 18.2 Å². The quantitative estimate of drug-likeness (QED) is 0.772. The van der Waals surface area contributed by atoms with E-state index in [1.54, 1.807) is 12.1 Å². The molecular formula is C12H15F3N2O.